The first kappa shape index (κ1) is 33.5. The molecule has 0 unspecified atom stereocenters. The third kappa shape index (κ3) is 6.14. The number of aromatic hydroxyl groups is 1. The van der Waals surface area contributed by atoms with Gasteiger partial charge >= 0.3 is 11.9 Å². The van der Waals surface area contributed by atoms with Gasteiger partial charge in [-0.25, -0.2) is 14.6 Å². The van der Waals surface area contributed by atoms with Gasteiger partial charge in [-0.15, -0.1) is 23.1 Å². The van der Waals surface area contributed by atoms with Gasteiger partial charge in [-0.1, -0.05) is 5.16 Å². The van der Waals surface area contributed by atoms with Crippen molar-refractivity contribution < 1.29 is 43.8 Å². The summed E-state index contributed by atoms with van der Waals surface area (Å²) < 4.78 is 2.58. The van der Waals surface area contributed by atoms with E-state index in [2.05, 4.69) is 15.5 Å². The standard InChI is InChI=1S/C30H35N7O9S2/c1-29(2,27(44)45)46-34-20(17-14-48-28(31)32-17)23(40)33-21-24(41)36-22(26(42)43)16(13-47-25(21)36)12-37-8-4-30(5-9-37,6-10-37)15-35-7-3-18(38)19(39)11-35/h3,7,11,14,21,25H,4-6,8-10,12-13,15H2,1-2H3,(H5-,31,32,33,39,40,42,43,44,45)/p+1/b34-20-/t21-,25-,30?,37?/m1/s1. The minimum atomic E-state index is -1.77. The normalized spacial score (nSPS) is 26.9. The average molecular weight is 703 g/mol. The fourth-order valence-corrected chi connectivity index (χ4v) is 8.71. The lowest BCUT2D eigenvalue weighted by molar-refractivity contribution is -0.941. The number of β-lactam (4-membered cyclic amide) rings is 1. The van der Waals surface area contributed by atoms with Gasteiger partial charge in [-0.3, -0.25) is 19.3 Å². The molecule has 4 fully saturated rings. The summed E-state index contributed by atoms with van der Waals surface area (Å²) in [6.45, 7) is 6.21. The van der Waals surface area contributed by atoms with Crippen LogP contribution in [0.2, 0.25) is 0 Å². The molecule has 0 saturated carbocycles. The van der Waals surface area contributed by atoms with Crippen LogP contribution in [0.3, 0.4) is 0 Å². The second-order valence-corrected chi connectivity index (χ2v) is 15.3. The van der Waals surface area contributed by atoms with E-state index in [1.165, 1.54) is 48.2 Å². The van der Waals surface area contributed by atoms with E-state index in [0.29, 0.717) is 24.4 Å². The highest BCUT2D eigenvalue weighted by Crippen LogP contribution is 2.47. The van der Waals surface area contributed by atoms with Gasteiger partial charge in [0.05, 0.1) is 19.6 Å². The molecule has 0 aliphatic carbocycles. The Morgan fingerprint density at radius 3 is 2.48 bits per heavy atom. The number of carbonyl (C=O) groups is 4. The summed E-state index contributed by atoms with van der Waals surface area (Å²) in [6, 6.07) is 0.303. The van der Waals surface area contributed by atoms with E-state index in [1.807, 2.05) is 4.57 Å². The summed E-state index contributed by atoms with van der Waals surface area (Å²) >= 11 is 2.40. The number of hydrogen-bond donors (Lipinski definition) is 5. The summed E-state index contributed by atoms with van der Waals surface area (Å²) in [4.78, 5) is 73.0. The fourth-order valence-electron chi connectivity index (χ4n) is 6.82. The maximum absolute atomic E-state index is 13.4. The van der Waals surface area contributed by atoms with Crippen LogP contribution < -0.4 is 16.5 Å². The third-order valence-corrected chi connectivity index (χ3v) is 11.8. The molecule has 2 aromatic rings. The Morgan fingerprint density at radius 1 is 1.21 bits per heavy atom. The van der Waals surface area contributed by atoms with Gasteiger partial charge in [0, 0.05) is 66.4 Å². The van der Waals surface area contributed by atoms with E-state index in [0.717, 1.165) is 54.7 Å². The first-order valence-corrected chi connectivity index (χ1v) is 17.2. The number of aliphatic carboxylic acids is 2. The topological polar surface area (TPSA) is 227 Å². The quantitative estimate of drug-likeness (QED) is 0.0940. The molecule has 256 valence electrons. The molecule has 2 atom stereocenters. The van der Waals surface area contributed by atoms with Crippen molar-refractivity contribution in [3.63, 3.8) is 0 Å². The monoisotopic (exact) mass is 702 g/mol. The first-order chi connectivity index (χ1) is 22.6. The number of nitrogens with zero attached hydrogens (tertiary/aromatic N) is 5. The number of hydrogen-bond acceptors (Lipinski definition) is 12. The van der Waals surface area contributed by atoms with Crippen LogP contribution in [-0.4, -0.2) is 113 Å². The number of aromatic nitrogens is 2. The SMILES string of the molecule is CC(C)(O/N=C(\C(=O)N[C@@H]1C(=O)N2C(C(=O)O)=C(C[N+]34CCC(Cn5ccc(=O)c(O)c5)(CC3)CC4)CS[C@H]12)c1csc(N)n1)C(=O)O. The van der Waals surface area contributed by atoms with E-state index < -0.39 is 46.2 Å². The molecule has 2 amide bonds. The lowest BCUT2D eigenvalue weighted by atomic mass is 9.70. The molecule has 4 saturated heterocycles. The highest BCUT2D eigenvalue weighted by molar-refractivity contribution is 8.00. The Morgan fingerprint density at radius 2 is 1.90 bits per heavy atom. The molecule has 2 aromatic heterocycles. The molecule has 18 heteroatoms. The number of carbonyl (C=O) groups excluding carboxylic acids is 2. The van der Waals surface area contributed by atoms with Crippen LogP contribution in [-0.2, 0) is 30.6 Å². The van der Waals surface area contributed by atoms with Gasteiger partial charge in [0.25, 0.3) is 11.8 Å². The highest BCUT2D eigenvalue weighted by atomic mass is 32.2. The van der Waals surface area contributed by atoms with Crippen molar-refractivity contribution in [2.75, 3.05) is 37.7 Å². The summed E-state index contributed by atoms with van der Waals surface area (Å²) in [6.07, 6.45) is 5.88. The van der Waals surface area contributed by atoms with Crippen LogP contribution in [0.1, 0.15) is 38.8 Å². The number of fused-ring (bicyclic) bond motifs is 4. The molecule has 16 nitrogen and oxygen atoms in total. The minimum Gasteiger partial charge on any atom is -0.503 e. The number of pyridine rings is 1. The zero-order valence-corrected chi connectivity index (χ0v) is 27.9. The summed E-state index contributed by atoms with van der Waals surface area (Å²) in [5.74, 6) is -3.88. The molecule has 7 heterocycles. The number of nitrogens with one attached hydrogen (secondary N) is 1. The number of amides is 2. The van der Waals surface area contributed by atoms with E-state index >= 15 is 0 Å². The molecule has 5 aliphatic rings. The minimum absolute atomic E-state index is 0.0254. The third-order valence-electron chi connectivity index (χ3n) is 9.75. The number of carboxylic acid groups (broad SMARTS) is 2. The van der Waals surface area contributed by atoms with Gasteiger partial charge < -0.3 is 40.3 Å². The molecular weight excluding hydrogens is 667 g/mol. The second kappa shape index (κ2) is 12.2. The Labute approximate surface area is 282 Å². The predicted octanol–water partition coefficient (Wildman–Crippen LogP) is 0.616. The van der Waals surface area contributed by atoms with Gasteiger partial charge in [0.15, 0.2) is 16.6 Å². The number of nitrogens with two attached hydrogens (primary N) is 1. The molecule has 0 radical (unpaired) electrons. The number of oxime groups is 1. The second-order valence-electron chi connectivity index (χ2n) is 13.3. The van der Waals surface area contributed by atoms with Gasteiger partial charge in [-0.05, 0) is 13.8 Å². The molecule has 48 heavy (non-hydrogen) atoms. The fraction of sp³-hybridized carbons (Fsp3) is 0.500. The number of thioether (sulfide) groups is 1. The predicted molar refractivity (Wildman–Crippen MR) is 174 cm³/mol. The van der Waals surface area contributed by atoms with E-state index in [4.69, 9.17) is 10.6 Å². The van der Waals surface area contributed by atoms with Crippen LogP contribution in [0.15, 0.2) is 45.1 Å². The van der Waals surface area contributed by atoms with Crippen molar-refractivity contribution >= 4 is 57.7 Å². The van der Waals surface area contributed by atoms with Crippen LogP contribution in [0.25, 0.3) is 0 Å². The number of carboxylic acids is 2. The largest absolute Gasteiger partial charge is 0.503 e. The number of quaternary nitrogens is 1. The highest BCUT2D eigenvalue weighted by Gasteiger charge is 2.56. The molecular formula is C30H36N7O9S2+. The maximum atomic E-state index is 13.4. The van der Waals surface area contributed by atoms with Crippen molar-refractivity contribution in [2.24, 2.45) is 10.6 Å². The molecule has 7 rings (SSSR count). The van der Waals surface area contributed by atoms with Gasteiger partial charge in [0.1, 0.15) is 29.4 Å². The van der Waals surface area contributed by atoms with Crippen LogP contribution in [0.5, 0.6) is 5.75 Å². The van der Waals surface area contributed by atoms with Gasteiger partial charge in [0.2, 0.25) is 11.0 Å². The van der Waals surface area contributed by atoms with Crippen molar-refractivity contribution in [3.05, 3.63) is 51.0 Å². The Balaban J connectivity index is 1.15. The smallest absolute Gasteiger partial charge is 0.352 e. The average Bonchev–Trinajstić information content (AvgIpc) is 3.47. The zero-order chi connectivity index (χ0) is 34.6. The Hall–Kier alpha value is -4.42. The van der Waals surface area contributed by atoms with E-state index in [9.17, 15) is 39.3 Å². The number of anilines is 1. The lowest BCUT2D eigenvalue weighted by Gasteiger charge is -2.56. The number of rotatable bonds is 11. The summed E-state index contributed by atoms with van der Waals surface area (Å²) in [5.41, 5.74) is 3.84. The van der Waals surface area contributed by atoms with Crippen molar-refractivity contribution in [1.29, 1.82) is 0 Å². The molecule has 0 aromatic carbocycles. The Kier molecular flexibility index (Phi) is 8.53. The summed E-state index contributed by atoms with van der Waals surface area (Å²) in [5, 5.41) is 36.8. The van der Waals surface area contributed by atoms with Crippen LogP contribution >= 0.6 is 23.1 Å². The van der Waals surface area contributed by atoms with E-state index in [-0.39, 0.29) is 33.4 Å². The van der Waals surface area contributed by atoms with Crippen LogP contribution in [0.4, 0.5) is 5.13 Å². The van der Waals surface area contributed by atoms with Crippen LogP contribution in [0, 0.1) is 5.41 Å². The lowest BCUT2D eigenvalue weighted by Crippen LogP contribution is -2.71. The van der Waals surface area contributed by atoms with Crippen molar-refractivity contribution in [2.45, 2.75) is 56.7 Å². The van der Waals surface area contributed by atoms with Crippen molar-refractivity contribution in [3.8, 4) is 5.75 Å². The molecule has 6 N–H and O–H groups in total. The van der Waals surface area contributed by atoms with E-state index in [1.54, 1.807) is 6.20 Å². The number of piperidine rings is 3. The van der Waals surface area contributed by atoms with Crippen molar-refractivity contribution in [1.82, 2.24) is 19.8 Å². The molecule has 2 bridgehead atoms. The first-order valence-electron chi connectivity index (χ1n) is 15.3. The zero-order valence-electron chi connectivity index (χ0n) is 26.2. The Bertz CT molecular complexity index is 1790. The summed E-state index contributed by atoms with van der Waals surface area (Å²) in [7, 11) is 0. The van der Waals surface area contributed by atoms with Gasteiger partial charge in [-0.2, -0.15) is 0 Å². The number of nitrogen functional groups attached to an aromatic ring is 1. The molecule has 5 aliphatic heterocycles. The maximum Gasteiger partial charge on any atom is 0.352 e. The molecule has 0 spiro atoms. The number of thiazole rings is 1.